The second kappa shape index (κ2) is 9.09. The minimum absolute atomic E-state index is 0.163. The van der Waals surface area contributed by atoms with Crippen LogP contribution < -0.4 is 10.1 Å². The predicted octanol–water partition coefficient (Wildman–Crippen LogP) is 4.85. The van der Waals surface area contributed by atoms with E-state index in [1.807, 2.05) is 50.1 Å². The molecule has 1 N–H and O–H groups in total. The number of nitrogens with zero attached hydrogens (tertiary/aromatic N) is 1. The van der Waals surface area contributed by atoms with E-state index in [2.05, 4.69) is 5.32 Å². The number of anilines is 1. The molecule has 2 aromatic rings. The number of carbonyl (C=O) groups is 1. The minimum atomic E-state index is -0.348. The van der Waals surface area contributed by atoms with Crippen molar-refractivity contribution in [1.82, 2.24) is 4.90 Å². The first-order valence-electron chi connectivity index (χ1n) is 8.09. The molecule has 0 fully saturated rings. The van der Waals surface area contributed by atoms with Crippen molar-refractivity contribution in [2.24, 2.45) is 0 Å². The van der Waals surface area contributed by atoms with Crippen LogP contribution >= 0.6 is 23.2 Å². The number of ether oxygens (including phenoxy) is 1. The zero-order chi connectivity index (χ0) is 18.4. The Morgan fingerprint density at radius 1 is 1.16 bits per heavy atom. The Bertz CT molecular complexity index is 700. The lowest BCUT2D eigenvalue weighted by atomic mass is 10.1. The van der Waals surface area contributed by atoms with Crippen LogP contribution in [0.15, 0.2) is 42.5 Å². The van der Waals surface area contributed by atoms with Gasteiger partial charge in [-0.2, -0.15) is 0 Å². The third kappa shape index (κ3) is 5.36. The van der Waals surface area contributed by atoms with Gasteiger partial charge in [-0.05, 0) is 50.7 Å². The lowest BCUT2D eigenvalue weighted by Crippen LogP contribution is -2.39. The van der Waals surface area contributed by atoms with Gasteiger partial charge in [0.1, 0.15) is 5.75 Å². The van der Waals surface area contributed by atoms with E-state index in [0.29, 0.717) is 28.9 Å². The maximum absolute atomic E-state index is 12.5. The molecular weight excluding hydrogens is 359 g/mol. The van der Waals surface area contributed by atoms with E-state index in [1.165, 1.54) is 0 Å². The van der Waals surface area contributed by atoms with Crippen molar-refractivity contribution >= 4 is 34.8 Å². The van der Waals surface area contributed by atoms with Crippen molar-refractivity contribution in [3.63, 3.8) is 0 Å². The van der Waals surface area contributed by atoms with E-state index >= 15 is 0 Å². The van der Waals surface area contributed by atoms with Crippen molar-refractivity contribution in [3.05, 3.63) is 58.1 Å². The molecule has 0 radical (unpaired) electrons. The standard InChI is InChI=1S/C19H22Cl2N2O2/c1-4-25-15-10-8-14(9-11-15)12-23(3)13(2)19(24)22-18-16(20)6-5-7-17(18)21/h5-11,13H,4,12H2,1-3H3,(H,22,24)/t13-/m1/s1. The van der Waals surface area contributed by atoms with Crippen LogP contribution in [-0.4, -0.2) is 30.5 Å². The van der Waals surface area contributed by atoms with E-state index < -0.39 is 0 Å². The van der Waals surface area contributed by atoms with Crippen LogP contribution in [-0.2, 0) is 11.3 Å². The van der Waals surface area contributed by atoms with Gasteiger partial charge in [-0.25, -0.2) is 0 Å². The minimum Gasteiger partial charge on any atom is -0.494 e. The number of halogens is 2. The average molecular weight is 381 g/mol. The van der Waals surface area contributed by atoms with Crippen LogP contribution in [0, 0.1) is 0 Å². The van der Waals surface area contributed by atoms with E-state index in [4.69, 9.17) is 27.9 Å². The predicted molar refractivity (Wildman–Crippen MR) is 104 cm³/mol. The molecule has 0 saturated heterocycles. The van der Waals surface area contributed by atoms with Crippen molar-refractivity contribution in [3.8, 4) is 5.75 Å². The summed E-state index contributed by atoms with van der Waals surface area (Å²) in [5, 5.41) is 3.64. The number of rotatable bonds is 7. The largest absolute Gasteiger partial charge is 0.494 e. The third-order valence-corrected chi connectivity index (χ3v) is 4.55. The summed E-state index contributed by atoms with van der Waals surface area (Å²) in [5.41, 5.74) is 1.54. The fourth-order valence-electron chi connectivity index (χ4n) is 2.33. The van der Waals surface area contributed by atoms with Gasteiger partial charge in [-0.15, -0.1) is 0 Å². The number of hydrogen-bond donors (Lipinski definition) is 1. The Morgan fingerprint density at radius 2 is 1.76 bits per heavy atom. The molecule has 1 amide bonds. The van der Waals surface area contributed by atoms with Gasteiger partial charge in [-0.1, -0.05) is 41.4 Å². The highest BCUT2D eigenvalue weighted by Gasteiger charge is 2.20. The lowest BCUT2D eigenvalue weighted by molar-refractivity contribution is -0.120. The molecule has 0 unspecified atom stereocenters. The van der Waals surface area contributed by atoms with Gasteiger partial charge >= 0.3 is 0 Å². The molecule has 0 aliphatic rings. The summed E-state index contributed by atoms with van der Waals surface area (Å²) in [6, 6.07) is 12.6. The smallest absolute Gasteiger partial charge is 0.241 e. The Balaban J connectivity index is 1.98. The van der Waals surface area contributed by atoms with E-state index in [-0.39, 0.29) is 11.9 Å². The zero-order valence-corrected chi connectivity index (χ0v) is 16.1. The fraction of sp³-hybridized carbons (Fsp3) is 0.316. The number of likely N-dealkylation sites (N-methyl/N-ethyl adjacent to an activating group) is 1. The first kappa shape index (κ1) is 19.6. The molecule has 134 valence electrons. The number of benzene rings is 2. The molecule has 0 heterocycles. The number of carbonyl (C=O) groups excluding carboxylic acids is 1. The molecule has 1 atom stereocenters. The molecule has 0 spiro atoms. The molecule has 0 bridgehead atoms. The Morgan fingerprint density at radius 3 is 2.32 bits per heavy atom. The van der Waals surface area contributed by atoms with Gasteiger partial charge < -0.3 is 10.1 Å². The van der Waals surface area contributed by atoms with Gasteiger partial charge in [0.2, 0.25) is 5.91 Å². The van der Waals surface area contributed by atoms with Crippen LogP contribution in [0.5, 0.6) is 5.75 Å². The van der Waals surface area contributed by atoms with Crippen LogP contribution in [0.25, 0.3) is 0 Å². The van der Waals surface area contributed by atoms with Crippen molar-refractivity contribution in [1.29, 1.82) is 0 Å². The van der Waals surface area contributed by atoms with Crippen molar-refractivity contribution in [2.45, 2.75) is 26.4 Å². The highest BCUT2D eigenvalue weighted by Crippen LogP contribution is 2.30. The maximum atomic E-state index is 12.5. The molecule has 6 heteroatoms. The summed E-state index contributed by atoms with van der Waals surface area (Å²) in [4.78, 5) is 14.5. The zero-order valence-electron chi connectivity index (χ0n) is 14.6. The topological polar surface area (TPSA) is 41.6 Å². The summed E-state index contributed by atoms with van der Waals surface area (Å²) in [6.07, 6.45) is 0. The maximum Gasteiger partial charge on any atom is 0.241 e. The highest BCUT2D eigenvalue weighted by molar-refractivity contribution is 6.39. The van der Waals surface area contributed by atoms with Gasteiger partial charge in [-0.3, -0.25) is 9.69 Å². The molecule has 25 heavy (non-hydrogen) atoms. The lowest BCUT2D eigenvalue weighted by Gasteiger charge is -2.24. The summed E-state index contributed by atoms with van der Waals surface area (Å²) in [6.45, 7) is 5.07. The van der Waals surface area contributed by atoms with Crippen LogP contribution in [0.4, 0.5) is 5.69 Å². The van der Waals surface area contributed by atoms with Crippen LogP contribution in [0.1, 0.15) is 19.4 Å². The van der Waals surface area contributed by atoms with Gasteiger partial charge in [0.25, 0.3) is 0 Å². The molecule has 0 aliphatic heterocycles. The second-order valence-corrected chi connectivity index (χ2v) is 6.57. The average Bonchev–Trinajstić information content (AvgIpc) is 2.59. The number of hydrogen-bond acceptors (Lipinski definition) is 3. The molecule has 0 aliphatic carbocycles. The Labute approximate surface area is 158 Å². The van der Waals surface area contributed by atoms with Crippen molar-refractivity contribution in [2.75, 3.05) is 19.0 Å². The third-order valence-electron chi connectivity index (χ3n) is 3.92. The van der Waals surface area contributed by atoms with Gasteiger partial charge in [0.05, 0.1) is 28.4 Å². The van der Waals surface area contributed by atoms with E-state index in [1.54, 1.807) is 18.2 Å². The molecule has 0 aromatic heterocycles. The summed E-state index contributed by atoms with van der Waals surface area (Å²) in [7, 11) is 1.90. The second-order valence-electron chi connectivity index (χ2n) is 5.75. The molecule has 2 rings (SSSR count). The number of para-hydroxylation sites is 1. The Kier molecular flexibility index (Phi) is 7.12. The summed E-state index contributed by atoms with van der Waals surface area (Å²) >= 11 is 12.2. The molecular formula is C19H22Cl2N2O2. The quantitative estimate of drug-likeness (QED) is 0.746. The molecule has 4 nitrogen and oxygen atoms in total. The Hall–Kier alpha value is -1.75. The van der Waals surface area contributed by atoms with Crippen LogP contribution in [0.3, 0.4) is 0 Å². The summed E-state index contributed by atoms with van der Waals surface area (Å²) in [5.74, 6) is 0.677. The normalized spacial score (nSPS) is 12.1. The number of amides is 1. The highest BCUT2D eigenvalue weighted by atomic mass is 35.5. The van der Waals surface area contributed by atoms with E-state index in [0.717, 1.165) is 11.3 Å². The van der Waals surface area contributed by atoms with Gasteiger partial charge in [0.15, 0.2) is 0 Å². The van der Waals surface area contributed by atoms with Gasteiger partial charge in [0, 0.05) is 6.54 Å². The molecule has 0 saturated carbocycles. The fourth-order valence-corrected chi connectivity index (χ4v) is 2.82. The van der Waals surface area contributed by atoms with E-state index in [9.17, 15) is 4.79 Å². The first-order chi connectivity index (χ1) is 11.9. The number of nitrogens with one attached hydrogen (secondary N) is 1. The first-order valence-corrected chi connectivity index (χ1v) is 8.84. The summed E-state index contributed by atoms with van der Waals surface area (Å²) < 4.78 is 5.44. The monoisotopic (exact) mass is 380 g/mol. The van der Waals surface area contributed by atoms with Crippen molar-refractivity contribution < 1.29 is 9.53 Å². The molecule has 2 aromatic carbocycles. The SMILES string of the molecule is CCOc1ccc(CN(C)[C@H](C)C(=O)Nc2c(Cl)cccc2Cl)cc1. The van der Waals surface area contributed by atoms with Crippen LogP contribution in [0.2, 0.25) is 10.0 Å².